The standard InChI is InChI=1S/C23H29N3O4/c1-3-30-22(29)23(11-7-10-18-8-5-4-6-9-18)12-14-26(15-13-23)21(28)20-16-19(17(2)27)24-25-20/h4-6,8-9,16H,3,7,10-15H2,1-2H3,(H,24,25). The number of benzene rings is 1. The number of carbonyl (C=O) groups is 3. The van der Waals surface area contributed by atoms with E-state index in [0.29, 0.717) is 38.2 Å². The van der Waals surface area contributed by atoms with E-state index in [1.807, 2.05) is 25.1 Å². The first-order chi connectivity index (χ1) is 14.4. The lowest BCUT2D eigenvalue weighted by atomic mass is 9.74. The molecule has 0 bridgehead atoms. The Kier molecular flexibility index (Phi) is 7.03. The third-order valence-electron chi connectivity index (χ3n) is 5.85. The third kappa shape index (κ3) is 4.96. The Hall–Kier alpha value is -2.96. The van der Waals surface area contributed by atoms with Gasteiger partial charge in [0.2, 0.25) is 0 Å². The molecule has 1 aliphatic heterocycles. The minimum atomic E-state index is -0.555. The topological polar surface area (TPSA) is 92.4 Å². The number of hydrogen-bond acceptors (Lipinski definition) is 5. The number of esters is 1. The summed E-state index contributed by atoms with van der Waals surface area (Å²) >= 11 is 0. The third-order valence-corrected chi connectivity index (χ3v) is 5.85. The molecule has 7 heteroatoms. The van der Waals surface area contributed by atoms with Crippen LogP contribution in [0.25, 0.3) is 0 Å². The lowest BCUT2D eigenvalue weighted by Gasteiger charge is -2.40. The highest BCUT2D eigenvalue weighted by molar-refractivity contribution is 5.97. The molecule has 1 aromatic heterocycles. The molecule has 1 aromatic carbocycles. The van der Waals surface area contributed by atoms with E-state index in [-0.39, 0.29) is 23.4 Å². The fourth-order valence-electron chi connectivity index (χ4n) is 4.04. The molecule has 1 fully saturated rings. The SMILES string of the molecule is CCOC(=O)C1(CCCc2ccccc2)CCN(C(=O)c2cc(C(C)=O)n[nH]2)CC1. The summed E-state index contributed by atoms with van der Waals surface area (Å²) in [5, 5.41) is 6.53. The number of carbonyl (C=O) groups excluding carboxylic acids is 3. The van der Waals surface area contributed by atoms with Gasteiger partial charge in [-0.3, -0.25) is 19.5 Å². The van der Waals surface area contributed by atoms with Gasteiger partial charge >= 0.3 is 5.97 Å². The van der Waals surface area contributed by atoms with Crippen LogP contribution >= 0.6 is 0 Å². The maximum absolute atomic E-state index is 12.8. The van der Waals surface area contributed by atoms with Crippen molar-refractivity contribution in [2.75, 3.05) is 19.7 Å². The van der Waals surface area contributed by atoms with Crippen molar-refractivity contribution < 1.29 is 19.1 Å². The van der Waals surface area contributed by atoms with E-state index in [0.717, 1.165) is 19.3 Å². The summed E-state index contributed by atoms with van der Waals surface area (Å²) in [5.41, 5.74) is 1.25. The molecule has 0 radical (unpaired) electrons. The smallest absolute Gasteiger partial charge is 0.312 e. The van der Waals surface area contributed by atoms with Crippen molar-refractivity contribution in [2.45, 2.75) is 46.0 Å². The number of piperidine rings is 1. The maximum Gasteiger partial charge on any atom is 0.312 e. The maximum atomic E-state index is 12.8. The van der Waals surface area contributed by atoms with Crippen LogP contribution in [0.5, 0.6) is 0 Å². The van der Waals surface area contributed by atoms with Gasteiger partial charge in [-0.05, 0) is 50.7 Å². The fraction of sp³-hybridized carbons (Fsp3) is 0.478. The van der Waals surface area contributed by atoms with Crippen molar-refractivity contribution in [3.63, 3.8) is 0 Å². The van der Waals surface area contributed by atoms with Gasteiger partial charge in [0.25, 0.3) is 5.91 Å². The predicted octanol–water partition coefficient (Wildman–Crippen LogP) is 3.42. The summed E-state index contributed by atoms with van der Waals surface area (Å²) in [6.45, 7) is 4.52. The second-order valence-electron chi connectivity index (χ2n) is 7.86. The van der Waals surface area contributed by atoms with Gasteiger partial charge < -0.3 is 9.64 Å². The second-order valence-corrected chi connectivity index (χ2v) is 7.86. The van der Waals surface area contributed by atoms with E-state index in [1.165, 1.54) is 18.6 Å². The number of Topliss-reactive ketones (excluding diaryl/α,β-unsaturated/α-hetero) is 1. The molecule has 2 heterocycles. The van der Waals surface area contributed by atoms with Crippen LogP contribution in [0.3, 0.4) is 0 Å². The largest absolute Gasteiger partial charge is 0.466 e. The Morgan fingerprint density at radius 3 is 2.47 bits per heavy atom. The van der Waals surface area contributed by atoms with Crippen LogP contribution in [-0.2, 0) is 16.0 Å². The van der Waals surface area contributed by atoms with Crippen LogP contribution in [0.4, 0.5) is 0 Å². The first-order valence-corrected chi connectivity index (χ1v) is 10.5. The molecule has 7 nitrogen and oxygen atoms in total. The molecule has 1 N–H and O–H groups in total. The molecule has 0 atom stereocenters. The molecular formula is C23H29N3O4. The van der Waals surface area contributed by atoms with Crippen LogP contribution in [0.1, 0.15) is 66.1 Å². The lowest BCUT2D eigenvalue weighted by Crippen LogP contribution is -2.47. The van der Waals surface area contributed by atoms with Crippen molar-refractivity contribution in [3.8, 4) is 0 Å². The molecule has 1 saturated heterocycles. The van der Waals surface area contributed by atoms with E-state index in [4.69, 9.17) is 4.74 Å². The zero-order valence-corrected chi connectivity index (χ0v) is 17.6. The molecule has 160 valence electrons. The van der Waals surface area contributed by atoms with Gasteiger partial charge in [-0.25, -0.2) is 0 Å². The van der Waals surface area contributed by atoms with Crippen LogP contribution in [0.15, 0.2) is 36.4 Å². The van der Waals surface area contributed by atoms with Crippen LogP contribution in [-0.4, -0.2) is 52.5 Å². The normalized spacial score (nSPS) is 15.6. The molecule has 3 rings (SSSR count). The van der Waals surface area contributed by atoms with E-state index < -0.39 is 5.41 Å². The number of likely N-dealkylation sites (tertiary alicyclic amines) is 1. The molecule has 1 amide bonds. The summed E-state index contributed by atoms with van der Waals surface area (Å²) in [6.07, 6.45) is 3.67. The highest BCUT2D eigenvalue weighted by Gasteiger charge is 2.43. The summed E-state index contributed by atoms with van der Waals surface area (Å²) in [7, 11) is 0. The second kappa shape index (κ2) is 9.69. The van der Waals surface area contributed by atoms with E-state index in [2.05, 4.69) is 22.3 Å². The molecule has 0 aliphatic carbocycles. The van der Waals surface area contributed by atoms with Crippen LogP contribution < -0.4 is 0 Å². The number of nitrogens with one attached hydrogen (secondary N) is 1. The number of ether oxygens (including phenoxy) is 1. The Morgan fingerprint density at radius 1 is 1.17 bits per heavy atom. The van der Waals surface area contributed by atoms with Crippen molar-refractivity contribution in [1.29, 1.82) is 0 Å². The number of aryl methyl sites for hydroxylation is 1. The number of H-pyrrole nitrogens is 1. The number of nitrogens with zero attached hydrogens (tertiary/aromatic N) is 2. The highest BCUT2D eigenvalue weighted by atomic mass is 16.5. The molecule has 30 heavy (non-hydrogen) atoms. The van der Waals surface area contributed by atoms with Crippen molar-refractivity contribution in [1.82, 2.24) is 15.1 Å². The summed E-state index contributed by atoms with van der Waals surface area (Å²) in [6, 6.07) is 11.7. The average molecular weight is 412 g/mol. The minimum absolute atomic E-state index is 0.162. The van der Waals surface area contributed by atoms with Crippen molar-refractivity contribution in [2.24, 2.45) is 5.41 Å². The minimum Gasteiger partial charge on any atom is -0.466 e. The Balaban J connectivity index is 1.63. The number of aromatic amines is 1. The first-order valence-electron chi connectivity index (χ1n) is 10.5. The molecule has 2 aromatic rings. The summed E-state index contributed by atoms with van der Waals surface area (Å²) in [4.78, 5) is 38.7. The lowest BCUT2D eigenvalue weighted by molar-refractivity contribution is -0.159. The molecule has 1 aliphatic rings. The predicted molar refractivity (Wildman–Crippen MR) is 112 cm³/mol. The van der Waals surface area contributed by atoms with Gasteiger partial charge in [0.1, 0.15) is 11.4 Å². The van der Waals surface area contributed by atoms with E-state index >= 15 is 0 Å². The number of rotatable bonds is 8. The van der Waals surface area contributed by atoms with Crippen molar-refractivity contribution >= 4 is 17.7 Å². The zero-order chi connectivity index (χ0) is 21.6. The van der Waals surface area contributed by atoms with Gasteiger partial charge in [0.05, 0.1) is 12.0 Å². The van der Waals surface area contributed by atoms with Crippen LogP contribution in [0, 0.1) is 5.41 Å². The fourth-order valence-corrected chi connectivity index (χ4v) is 4.04. The van der Waals surface area contributed by atoms with Gasteiger partial charge in [-0.15, -0.1) is 0 Å². The Bertz CT molecular complexity index is 883. The Morgan fingerprint density at radius 2 is 1.87 bits per heavy atom. The Labute approximate surface area is 176 Å². The van der Waals surface area contributed by atoms with Gasteiger partial charge in [0, 0.05) is 20.0 Å². The van der Waals surface area contributed by atoms with E-state index in [9.17, 15) is 14.4 Å². The average Bonchev–Trinajstić information content (AvgIpc) is 3.25. The molecule has 0 saturated carbocycles. The monoisotopic (exact) mass is 411 g/mol. The number of hydrogen-bond donors (Lipinski definition) is 1. The molecular weight excluding hydrogens is 382 g/mol. The van der Waals surface area contributed by atoms with Gasteiger partial charge in [0.15, 0.2) is 5.78 Å². The highest BCUT2D eigenvalue weighted by Crippen LogP contribution is 2.38. The summed E-state index contributed by atoms with van der Waals surface area (Å²) in [5.74, 6) is -0.550. The first kappa shape index (κ1) is 21.7. The zero-order valence-electron chi connectivity index (χ0n) is 17.6. The van der Waals surface area contributed by atoms with E-state index in [1.54, 1.807) is 4.90 Å². The number of aromatic nitrogens is 2. The number of ketones is 1. The quantitative estimate of drug-likeness (QED) is 0.531. The van der Waals surface area contributed by atoms with Crippen LogP contribution in [0.2, 0.25) is 0 Å². The van der Waals surface area contributed by atoms with Gasteiger partial charge in [-0.1, -0.05) is 30.3 Å². The number of amides is 1. The van der Waals surface area contributed by atoms with Crippen molar-refractivity contribution in [3.05, 3.63) is 53.3 Å². The van der Waals surface area contributed by atoms with Gasteiger partial charge in [-0.2, -0.15) is 5.10 Å². The molecule has 0 unspecified atom stereocenters. The molecule has 0 spiro atoms. The summed E-state index contributed by atoms with van der Waals surface area (Å²) < 4.78 is 5.40.